The van der Waals surface area contributed by atoms with E-state index in [9.17, 15) is 9.59 Å². The fraction of sp³-hybridized carbons (Fsp3) is 0.111. The first kappa shape index (κ1) is 9.25. The van der Waals surface area contributed by atoms with Gasteiger partial charge in [-0.15, -0.1) is 0 Å². The molecule has 13 heavy (non-hydrogen) atoms. The Balaban J connectivity index is 2.75. The first-order valence-corrected chi connectivity index (χ1v) is 3.66. The van der Waals surface area contributed by atoms with Gasteiger partial charge in [-0.05, 0) is 0 Å². The number of carbonyl (C=O) groups excluding carboxylic acids is 1. The summed E-state index contributed by atoms with van der Waals surface area (Å²) in [6, 6.07) is 2.81. The van der Waals surface area contributed by atoms with Crippen molar-refractivity contribution in [2.75, 3.05) is 7.11 Å². The van der Waals surface area contributed by atoms with Crippen LogP contribution in [-0.2, 0) is 9.53 Å². The van der Waals surface area contributed by atoms with Crippen LogP contribution in [0.5, 0.6) is 0 Å². The second-order valence-corrected chi connectivity index (χ2v) is 2.32. The highest BCUT2D eigenvalue weighted by Crippen LogP contribution is 1.87. The fourth-order valence-electron chi connectivity index (χ4n) is 0.739. The number of rotatable bonds is 2. The van der Waals surface area contributed by atoms with Gasteiger partial charge in [0.25, 0.3) is 0 Å². The number of carbonyl (C=O) groups is 1. The van der Waals surface area contributed by atoms with Gasteiger partial charge in [0.15, 0.2) is 5.43 Å². The molecule has 0 aliphatic rings. The predicted octanol–water partition coefficient (Wildman–Crippen LogP) is 0.492. The van der Waals surface area contributed by atoms with Crippen molar-refractivity contribution in [1.82, 2.24) is 4.57 Å². The molecule has 4 heteroatoms. The van der Waals surface area contributed by atoms with Crippen LogP contribution in [0.1, 0.15) is 0 Å². The quantitative estimate of drug-likeness (QED) is 0.490. The normalized spacial score (nSPS) is 10.2. The van der Waals surface area contributed by atoms with Crippen molar-refractivity contribution in [3.05, 3.63) is 40.8 Å². The van der Waals surface area contributed by atoms with Crippen molar-refractivity contribution in [2.45, 2.75) is 0 Å². The third kappa shape index (κ3) is 2.94. The maximum absolute atomic E-state index is 10.7. The summed E-state index contributed by atoms with van der Waals surface area (Å²) in [6.45, 7) is 0. The van der Waals surface area contributed by atoms with Gasteiger partial charge in [-0.2, -0.15) is 0 Å². The highest BCUT2D eigenvalue weighted by Gasteiger charge is 1.89. The first-order chi connectivity index (χ1) is 6.22. The molecule has 0 amide bonds. The van der Waals surface area contributed by atoms with Crippen molar-refractivity contribution in [2.24, 2.45) is 0 Å². The van der Waals surface area contributed by atoms with Crippen molar-refractivity contribution >= 4 is 12.2 Å². The molecule has 0 atom stereocenters. The first-order valence-electron chi connectivity index (χ1n) is 3.66. The molecule has 0 radical (unpaired) electrons. The van der Waals surface area contributed by atoms with E-state index in [1.807, 2.05) is 0 Å². The lowest BCUT2D eigenvalue weighted by molar-refractivity contribution is -0.134. The van der Waals surface area contributed by atoms with E-state index in [0.717, 1.165) is 0 Å². The van der Waals surface area contributed by atoms with Gasteiger partial charge in [-0.3, -0.25) is 4.79 Å². The van der Waals surface area contributed by atoms with E-state index in [1.165, 1.54) is 31.5 Å². The Morgan fingerprint density at radius 3 is 2.62 bits per heavy atom. The summed E-state index contributed by atoms with van der Waals surface area (Å²) in [5, 5.41) is 0. The van der Waals surface area contributed by atoms with Crippen LogP contribution in [0.4, 0.5) is 0 Å². The lowest BCUT2D eigenvalue weighted by Crippen LogP contribution is -2.00. The Morgan fingerprint density at radius 2 is 2.08 bits per heavy atom. The number of ether oxygens (including phenoxy) is 1. The van der Waals surface area contributed by atoms with Gasteiger partial charge in [0.05, 0.1) is 7.11 Å². The zero-order chi connectivity index (χ0) is 9.68. The summed E-state index contributed by atoms with van der Waals surface area (Å²) in [4.78, 5) is 21.4. The second kappa shape index (κ2) is 4.25. The molecule has 0 aliphatic carbocycles. The lowest BCUT2D eigenvalue weighted by atomic mass is 10.5. The molecule has 1 rings (SSSR count). The Morgan fingerprint density at radius 1 is 1.46 bits per heavy atom. The van der Waals surface area contributed by atoms with E-state index >= 15 is 0 Å². The maximum atomic E-state index is 10.7. The van der Waals surface area contributed by atoms with Crippen molar-refractivity contribution in [1.29, 1.82) is 0 Å². The number of pyridine rings is 1. The molecule has 0 N–H and O–H groups in total. The summed E-state index contributed by atoms with van der Waals surface area (Å²) in [6.07, 6.45) is 5.89. The monoisotopic (exact) mass is 179 g/mol. The van der Waals surface area contributed by atoms with Gasteiger partial charge < -0.3 is 9.30 Å². The molecule has 1 heterocycles. The highest BCUT2D eigenvalue weighted by molar-refractivity contribution is 5.84. The number of methoxy groups -OCH3 is 1. The third-order valence-corrected chi connectivity index (χ3v) is 1.41. The van der Waals surface area contributed by atoms with Gasteiger partial charge in [0.2, 0.25) is 0 Å². The summed E-state index contributed by atoms with van der Waals surface area (Å²) in [5.74, 6) is -0.432. The Labute approximate surface area is 75.1 Å². The summed E-state index contributed by atoms with van der Waals surface area (Å²) >= 11 is 0. The number of hydrogen-bond acceptors (Lipinski definition) is 3. The Kier molecular flexibility index (Phi) is 3.03. The molecule has 0 bridgehead atoms. The van der Waals surface area contributed by atoms with Crippen LogP contribution in [-0.4, -0.2) is 17.6 Å². The summed E-state index contributed by atoms with van der Waals surface area (Å²) < 4.78 is 5.98. The minimum Gasteiger partial charge on any atom is -0.466 e. The van der Waals surface area contributed by atoms with E-state index in [0.29, 0.717) is 0 Å². The molecule has 4 nitrogen and oxygen atoms in total. The Bertz CT molecular complexity index is 358. The van der Waals surface area contributed by atoms with Crippen LogP contribution in [0.2, 0.25) is 0 Å². The van der Waals surface area contributed by atoms with Crippen LogP contribution >= 0.6 is 0 Å². The number of nitrogens with zero attached hydrogens (tertiary/aromatic N) is 1. The van der Waals surface area contributed by atoms with Crippen molar-refractivity contribution in [3.8, 4) is 0 Å². The largest absolute Gasteiger partial charge is 0.466 e. The predicted molar refractivity (Wildman–Crippen MR) is 48.0 cm³/mol. The summed E-state index contributed by atoms with van der Waals surface area (Å²) in [7, 11) is 1.30. The maximum Gasteiger partial charge on any atom is 0.331 e. The molecule has 68 valence electrons. The molecule has 0 spiro atoms. The number of hydrogen-bond donors (Lipinski definition) is 0. The molecule has 0 fully saturated rings. The molecule has 1 aromatic rings. The van der Waals surface area contributed by atoms with Crippen LogP contribution in [0.15, 0.2) is 35.4 Å². The molecule has 0 aromatic carbocycles. The minimum atomic E-state index is -0.432. The zero-order valence-corrected chi connectivity index (χ0v) is 7.14. The van der Waals surface area contributed by atoms with E-state index in [-0.39, 0.29) is 5.43 Å². The SMILES string of the molecule is COC(=O)/C=C\n1ccc(=O)cc1. The topological polar surface area (TPSA) is 48.3 Å². The molecule has 0 saturated carbocycles. The average Bonchev–Trinajstić information content (AvgIpc) is 2.16. The van der Waals surface area contributed by atoms with Crippen molar-refractivity contribution < 1.29 is 9.53 Å². The van der Waals surface area contributed by atoms with Crippen molar-refractivity contribution in [3.63, 3.8) is 0 Å². The molecule has 0 unspecified atom stereocenters. The highest BCUT2D eigenvalue weighted by atomic mass is 16.5. The van der Waals surface area contributed by atoms with E-state index in [4.69, 9.17) is 0 Å². The molecule has 1 aromatic heterocycles. The standard InChI is InChI=1S/C9H9NO3/c1-13-9(12)4-7-10-5-2-8(11)3-6-10/h2-7H,1H3/b7-4-. The van der Waals surface area contributed by atoms with E-state index in [2.05, 4.69) is 4.74 Å². The smallest absolute Gasteiger partial charge is 0.331 e. The molecule has 0 saturated heterocycles. The number of esters is 1. The molecular weight excluding hydrogens is 170 g/mol. The van der Waals surface area contributed by atoms with Gasteiger partial charge in [-0.1, -0.05) is 0 Å². The van der Waals surface area contributed by atoms with Gasteiger partial charge in [0.1, 0.15) is 0 Å². The van der Waals surface area contributed by atoms with Gasteiger partial charge >= 0.3 is 5.97 Å². The minimum absolute atomic E-state index is 0.0669. The molecular formula is C9H9NO3. The third-order valence-electron chi connectivity index (χ3n) is 1.41. The average molecular weight is 179 g/mol. The van der Waals surface area contributed by atoms with E-state index in [1.54, 1.807) is 17.0 Å². The lowest BCUT2D eigenvalue weighted by Gasteiger charge is -1.95. The second-order valence-electron chi connectivity index (χ2n) is 2.32. The van der Waals surface area contributed by atoms with E-state index < -0.39 is 5.97 Å². The fourth-order valence-corrected chi connectivity index (χ4v) is 0.739. The molecule has 0 aliphatic heterocycles. The van der Waals surface area contributed by atoms with Gasteiger partial charge in [0, 0.05) is 36.8 Å². The summed E-state index contributed by atoms with van der Waals surface area (Å²) in [5.41, 5.74) is -0.0669. The van der Waals surface area contributed by atoms with Gasteiger partial charge in [-0.25, -0.2) is 4.79 Å². The van der Waals surface area contributed by atoms with Crippen LogP contribution in [0.25, 0.3) is 6.20 Å². The zero-order valence-electron chi connectivity index (χ0n) is 7.14. The van der Waals surface area contributed by atoms with Crippen LogP contribution < -0.4 is 5.43 Å². The van der Waals surface area contributed by atoms with Crippen LogP contribution in [0, 0.1) is 0 Å². The Hall–Kier alpha value is -1.84. The number of aromatic nitrogens is 1. The van der Waals surface area contributed by atoms with Crippen LogP contribution in [0.3, 0.4) is 0 Å².